The molecule has 0 aromatic heterocycles. The molecule has 0 radical (unpaired) electrons. The molecule has 5 rings (SSSR count). The third kappa shape index (κ3) is 2.52. The molecule has 1 heterocycles. The third-order valence-corrected chi connectivity index (χ3v) is 11.0. The van der Waals surface area contributed by atoms with E-state index in [1.165, 1.54) is 11.1 Å². The molecule has 0 aromatic carbocycles. The lowest BCUT2D eigenvalue weighted by atomic mass is 9.50. The quantitative estimate of drug-likeness (QED) is 0.498. The average molecular weight is 417 g/mol. The topological polar surface area (TPSA) is 60.4 Å². The van der Waals surface area contributed by atoms with Crippen molar-refractivity contribution in [2.75, 3.05) is 5.75 Å². The van der Waals surface area contributed by atoms with Gasteiger partial charge in [0.1, 0.15) is 5.60 Å². The maximum atomic E-state index is 13.2. The van der Waals surface area contributed by atoms with Crippen molar-refractivity contribution in [1.82, 2.24) is 0 Å². The normalized spacial score (nSPS) is 47.1. The summed E-state index contributed by atoms with van der Waals surface area (Å²) < 4.78 is 19.3. The minimum Gasteiger partial charge on any atom is -0.458 e. The summed E-state index contributed by atoms with van der Waals surface area (Å²) in [5.41, 5.74) is 2.14. The molecule has 7 atom stereocenters. The van der Waals surface area contributed by atoms with E-state index in [1.54, 1.807) is 0 Å². The van der Waals surface area contributed by atoms with E-state index in [4.69, 9.17) is 4.74 Å². The number of allylic oxidation sites excluding steroid dienone is 4. The number of hydrogen-bond donors (Lipinski definition) is 0. The van der Waals surface area contributed by atoms with Crippen molar-refractivity contribution >= 4 is 22.6 Å². The molecule has 3 fully saturated rings. The van der Waals surface area contributed by atoms with E-state index in [-0.39, 0.29) is 39.4 Å². The van der Waals surface area contributed by atoms with Crippen molar-refractivity contribution in [1.29, 1.82) is 0 Å². The van der Waals surface area contributed by atoms with E-state index in [2.05, 4.69) is 19.9 Å². The first kappa shape index (κ1) is 19.7. The van der Waals surface area contributed by atoms with Crippen molar-refractivity contribution in [2.45, 2.75) is 83.0 Å². The van der Waals surface area contributed by atoms with Gasteiger partial charge in [-0.05, 0) is 56.4 Å². The van der Waals surface area contributed by atoms with Crippen molar-refractivity contribution in [3.63, 3.8) is 0 Å². The van der Waals surface area contributed by atoms with E-state index in [9.17, 15) is 13.8 Å². The fraction of sp³-hybridized carbons (Fsp3) is 0.750. The second-order valence-corrected chi connectivity index (χ2v) is 12.2. The lowest BCUT2D eigenvalue weighted by Gasteiger charge is -2.56. The molecule has 5 heteroatoms. The monoisotopic (exact) mass is 416 g/mol. The summed E-state index contributed by atoms with van der Waals surface area (Å²) in [6.07, 6.45) is 10.8. The Morgan fingerprint density at radius 1 is 1.17 bits per heavy atom. The van der Waals surface area contributed by atoms with Crippen molar-refractivity contribution in [3.05, 3.63) is 23.3 Å². The van der Waals surface area contributed by atoms with Gasteiger partial charge in [0.15, 0.2) is 5.78 Å². The van der Waals surface area contributed by atoms with Gasteiger partial charge in [-0.25, -0.2) is 0 Å². The van der Waals surface area contributed by atoms with E-state index >= 15 is 0 Å². The van der Waals surface area contributed by atoms with Gasteiger partial charge >= 0.3 is 5.97 Å². The Labute approximate surface area is 176 Å². The van der Waals surface area contributed by atoms with Crippen LogP contribution in [0.2, 0.25) is 0 Å². The summed E-state index contributed by atoms with van der Waals surface area (Å²) in [7, 11) is -0.925. The Hall–Kier alpha value is -1.23. The fourth-order valence-electron chi connectivity index (χ4n) is 7.56. The summed E-state index contributed by atoms with van der Waals surface area (Å²) >= 11 is 0. The molecule has 0 N–H and O–H groups in total. The number of esters is 1. The largest absolute Gasteiger partial charge is 0.458 e. The van der Waals surface area contributed by atoms with Gasteiger partial charge in [0.05, 0.1) is 0 Å². The summed E-state index contributed by atoms with van der Waals surface area (Å²) in [5.74, 6) is 1.47. The molecule has 2 saturated carbocycles. The van der Waals surface area contributed by atoms with E-state index in [1.807, 2.05) is 13.0 Å². The minimum atomic E-state index is -0.925. The van der Waals surface area contributed by atoms with Crippen LogP contribution in [-0.2, 0) is 25.1 Å². The van der Waals surface area contributed by atoms with Crippen LogP contribution >= 0.6 is 0 Å². The van der Waals surface area contributed by atoms with E-state index in [0.717, 1.165) is 38.5 Å². The van der Waals surface area contributed by atoms with Crippen LogP contribution in [0.25, 0.3) is 0 Å². The van der Waals surface area contributed by atoms with E-state index in [0.29, 0.717) is 24.5 Å². The zero-order chi connectivity index (χ0) is 20.6. The minimum absolute atomic E-state index is 0.0537. The van der Waals surface area contributed by atoms with Gasteiger partial charge in [-0.3, -0.25) is 13.8 Å². The number of fused-ring (bicyclic) bond motifs is 6. The van der Waals surface area contributed by atoms with Crippen LogP contribution in [-0.4, -0.2) is 32.6 Å². The molecule has 4 aliphatic carbocycles. The first-order valence-electron chi connectivity index (χ1n) is 11.3. The predicted octanol–water partition coefficient (Wildman–Crippen LogP) is 4.26. The lowest BCUT2D eigenvalue weighted by Crippen LogP contribution is -2.54. The molecule has 158 valence electrons. The molecule has 1 saturated heterocycles. The van der Waals surface area contributed by atoms with Crippen LogP contribution in [0.1, 0.15) is 72.1 Å². The van der Waals surface area contributed by atoms with E-state index < -0.39 is 10.8 Å². The predicted molar refractivity (Wildman–Crippen MR) is 113 cm³/mol. The van der Waals surface area contributed by atoms with Gasteiger partial charge in [0.25, 0.3) is 0 Å². The fourth-order valence-corrected chi connectivity index (χ4v) is 9.02. The zero-order valence-corrected chi connectivity index (χ0v) is 18.6. The van der Waals surface area contributed by atoms with Crippen LogP contribution < -0.4 is 0 Å². The maximum Gasteiger partial charge on any atom is 0.306 e. The average Bonchev–Trinajstić information content (AvgIpc) is 3.22. The number of carbonyl (C=O) groups is 2. The highest BCUT2D eigenvalue weighted by atomic mass is 32.2. The van der Waals surface area contributed by atoms with Crippen molar-refractivity contribution in [3.8, 4) is 0 Å². The highest BCUT2D eigenvalue weighted by molar-refractivity contribution is 7.85. The second-order valence-electron chi connectivity index (χ2n) is 10.3. The first-order chi connectivity index (χ1) is 13.7. The second kappa shape index (κ2) is 6.38. The molecule has 1 aliphatic heterocycles. The van der Waals surface area contributed by atoms with Crippen molar-refractivity contribution in [2.24, 2.45) is 22.7 Å². The first-order valence-corrected chi connectivity index (χ1v) is 12.7. The van der Waals surface area contributed by atoms with Gasteiger partial charge in [-0.2, -0.15) is 0 Å². The highest BCUT2D eigenvalue weighted by Gasteiger charge is 2.67. The van der Waals surface area contributed by atoms with Crippen LogP contribution in [0.4, 0.5) is 0 Å². The summed E-state index contributed by atoms with van der Waals surface area (Å²) in [4.78, 5) is 24.2. The number of ether oxygens (including phenoxy) is 1. The molecule has 4 nitrogen and oxygen atoms in total. The molecule has 3 unspecified atom stereocenters. The summed E-state index contributed by atoms with van der Waals surface area (Å²) in [6.45, 7) is 6.63. The van der Waals surface area contributed by atoms with Crippen LogP contribution in [0.3, 0.4) is 0 Å². The maximum absolute atomic E-state index is 13.2. The Bertz CT molecular complexity index is 872. The van der Waals surface area contributed by atoms with Gasteiger partial charge < -0.3 is 4.74 Å². The number of hydrogen-bond acceptors (Lipinski definition) is 4. The third-order valence-electron chi connectivity index (χ3n) is 9.30. The summed E-state index contributed by atoms with van der Waals surface area (Å²) in [6, 6.07) is 0. The van der Waals surface area contributed by atoms with Gasteiger partial charge in [0, 0.05) is 45.5 Å². The smallest absolute Gasteiger partial charge is 0.306 e. The Kier molecular flexibility index (Phi) is 4.34. The Balaban J connectivity index is 1.63. The summed E-state index contributed by atoms with van der Waals surface area (Å²) in [5, 5.41) is 0.0633. The molecule has 0 bridgehead atoms. The lowest BCUT2D eigenvalue weighted by molar-refractivity contribution is -0.160. The SMILES string of the molecule is CCS(=O)[C@@H]1CC2=CC(=O)CC[C@]2(C)C2=CC[C@@]3(C)C(CC[C@@]34CCC(=O)O4)C21. The molecule has 1 spiro atoms. The molecule has 29 heavy (non-hydrogen) atoms. The van der Waals surface area contributed by atoms with Gasteiger partial charge in [-0.15, -0.1) is 0 Å². The number of ketones is 1. The molecular weight excluding hydrogens is 384 g/mol. The number of carbonyl (C=O) groups excluding carboxylic acids is 2. The van der Waals surface area contributed by atoms with Gasteiger partial charge in [0.2, 0.25) is 0 Å². The standard InChI is InChI=1S/C24H32O4S/c1-4-29(27)19-14-15-13-16(25)5-9-22(15,2)17-6-10-23(3)18(21(17)19)7-11-24(23)12-8-20(26)28-24/h6,13,18-19,21H,4-5,7-12,14H2,1-3H3/t18?,19-,21?,22+,23+,24-,29?/m1/s1. The Morgan fingerprint density at radius 2 is 1.97 bits per heavy atom. The van der Waals surface area contributed by atoms with Crippen LogP contribution in [0, 0.1) is 22.7 Å². The molecule has 0 aromatic rings. The van der Waals surface area contributed by atoms with Crippen LogP contribution in [0.5, 0.6) is 0 Å². The zero-order valence-electron chi connectivity index (χ0n) is 17.8. The molecule has 0 amide bonds. The molecular formula is C24H32O4S. The van der Waals surface area contributed by atoms with Crippen molar-refractivity contribution < 1.29 is 18.5 Å². The molecule has 5 aliphatic rings. The Morgan fingerprint density at radius 3 is 2.66 bits per heavy atom. The van der Waals surface area contributed by atoms with Gasteiger partial charge in [-0.1, -0.05) is 38.0 Å². The number of rotatable bonds is 2. The van der Waals surface area contributed by atoms with Crippen LogP contribution in [0.15, 0.2) is 23.3 Å². The highest BCUT2D eigenvalue weighted by Crippen LogP contribution is 2.68.